The largest absolute Gasteiger partial charge is 0.256 e. The highest BCUT2D eigenvalue weighted by molar-refractivity contribution is 7.23. The van der Waals surface area contributed by atoms with E-state index in [2.05, 4.69) is 170 Å². The molecule has 0 spiro atoms. The molecule has 6 aromatic carbocycles. The van der Waals surface area contributed by atoms with Crippen molar-refractivity contribution < 1.29 is 0 Å². The Hall–Kier alpha value is -5.95. The van der Waals surface area contributed by atoms with Gasteiger partial charge < -0.3 is 0 Å². The lowest BCUT2D eigenvalue weighted by molar-refractivity contribution is 1.27. The van der Waals surface area contributed by atoms with E-state index in [-0.39, 0.29) is 0 Å². The number of hydrogen-bond acceptors (Lipinski definition) is 2. The lowest BCUT2D eigenvalue weighted by atomic mass is 10.1. The number of pyridine rings is 2. The molecule has 0 amide bonds. The summed E-state index contributed by atoms with van der Waals surface area (Å²) in [6, 6.07) is 64.3. The number of fused-ring (bicyclic) bond motifs is 9. The van der Waals surface area contributed by atoms with Gasteiger partial charge in [0.15, 0.2) is 16.1 Å². The summed E-state index contributed by atoms with van der Waals surface area (Å²) in [5, 5.41) is 11.3. The van der Waals surface area contributed by atoms with E-state index in [9.17, 15) is 0 Å². The molecular weight excluding hydrogens is 649 g/mol. The smallest absolute Gasteiger partial charge is 0.182 e. The zero-order chi connectivity index (χ0) is 33.6. The minimum atomic E-state index is -2.65. The monoisotopic (exact) mass is 680 g/mol. The average molecular weight is 681 g/mol. The van der Waals surface area contributed by atoms with E-state index in [1.165, 1.54) is 74.9 Å². The Morgan fingerprint density at radius 1 is 0.333 bits per heavy atom. The van der Waals surface area contributed by atoms with Gasteiger partial charge in [0.25, 0.3) is 0 Å². The number of nitrogens with zero attached hydrogens (tertiary/aromatic N) is 2. The molecule has 238 valence electrons. The Labute approximate surface area is 299 Å². The summed E-state index contributed by atoms with van der Waals surface area (Å²) in [7, 11) is -5.31. The Morgan fingerprint density at radius 3 is 1.22 bits per heavy atom. The maximum Gasteiger partial charge on any atom is 0.182 e. The van der Waals surface area contributed by atoms with E-state index in [1.807, 2.05) is 12.4 Å². The molecule has 0 N–H and O–H groups in total. The first-order valence-electron chi connectivity index (χ1n) is 17.8. The van der Waals surface area contributed by atoms with Crippen molar-refractivity contribution in [3.8, 4) is 33.6 Å². The van der Waals surface area contributed by atoms with Gasteiger partial charge in [0.05, 0.1) is 11.4 Å². The van der Waals surface area contributed by atoms with Crippen molar-refractivity contribution in [2.45, 2.75) is 6.42 Å². The van der Waals surface area contributed by atoms with Crippen LogP contribution in [0.1, 0.15) is 11.1 Å². The van der Waals surface area contributed by atoms with Crippen LogP contribution >= 0.6 is 0 Å². The third-order valence-corrected chi connectivity index (χ3v) is 21.4. The van der Waals surface area contributed by atoms with Crippen molar-refractivity contribution >= 4 is 57.6 Å². The second kappa shape index (κ2) is 10.8. The fraction of sp³-hybridized carbons (Fsp3) is 0.0213. The van der Waals surface area contributed by atoms with E-state index in [0.717, 1.165) is 17.8 Å². The molecule has 0 saturated carbocycles. The van der Waals surface area contributed by atoms with Gasteiger partial charge in [-0.25, -0.2) is 0 Å². The Morgan fingerprint density at radius 2 is 0.745 bits per heavy atom. The summed E-state index contributed by atoms with van der Waals surface area (Å²) in [5.41, 5.74) is 10.4. The molecule has 2 atom stereocenters. The molecule has 0 bridgehead atoms. The first-order chi connectivity index (χ1) is 25.3. The predicted octanol–water partition coefficient (Wildman–Crippen LogP) is 4.76. The molecule has 8 aromatic rings. The van der Waals surface area contributed by atoms with Crippen LogP contribution < -0.4 is 41.5 Å². The second-order valence-corrected chi connectivity index (χ2v) is 21.5. The highest BCUT2D eigenvalue weighted by Gasteiger charge is 2.51. The topological polar surface area (TPSA) is 25.8 Å². The Balaban J connectivity index is 1.17. The van der Waals surface area contributed by atoms with Gasteiger partial charge in [0, 0.05) is 23.5 Å². The standard InChI is InChI=1S/C47H32N2Si2/c1-3-13-34(14-4-1)50(42-19-9-7-17-38(42)46-44(50)21-11-27-48-46)36-25-23-32-29-33-24-26-37(31-41(33)40(32)30-36)51(35-15-5-2-6-16-35)43-20-10-8-18-39(43)47-45(51)22-12-28-49-47/h1-28,30-31H,29H2. The van der Waals surface area contributed by atoms with Gasteiger partial charge in [-0.2, -0.15) is 0 Å². The summed E-state index contributed by atoms with van der Waals surface area (Å²) in [4.78, 5) is 10.0. The van der Waals surface area contributed by atoms with Crippen LogP contribution in [0.15, 0.2) is 182 Å². The number of aromatic nitrogens is 2. The molecule has 0 saturated heterocycles. The van der Waals surface area contributed by atoms with Crippen molar-refractivity contribution in [3.63, 3.8) is 0 Å². The van der Waals surface area contributed by atoms with Crippen molar-refractivity contribution in [1.82, 2.24) is 9.97 Å². The third-order valence-electron chi connectivity index (χ3n) is 11.8. The van der Waals surface area contributed by atoms with Gasteiger partial charge in [0.1, 0.15) is 0 Å². The van der Waals surface area contributed by atoms with Crippen LogP contribution in [0.3, 0.4) is 0 Å². The molecule has 2 aromatic heterocycles. The molecule has 4 heteroatoms. The normalized spacial score (nSPS) is 18.7. The molecule has 3 aliphatic rings. The molecule has 4 heterocycles. The zero-order valence-electron chi connectivity index (χ0n) is 27.9. The van der Waals surface area contributed by atoms with Crippen molar-refractivity contribution in [2.75, 3.05) is 0 Å². The van der Waals surface area contributed by atoms with Crippen molar-refractivity contribution in [1.29, 1.82) is 0 Å². The summed E-state index contributed by atoms with van der Waals surface area (Å²) in [6.45, 7) is 0. The minimum absolute atomic E-state index is 0.953. The van der Waals surface area contributed by atoms with Gasteiger partial charge >= 0.3 is 0 Å². The van der Waals surface area contributed by atoms with Crippen LogP contribution in [0.2, 0.25) is 0 Å². The van der Waals surface area contributed by atoms with Crippen molar-refractivity contribution in [3.05, 3.63) is 193 Å². The average Bonchev–Trinajstić information content (AvgIpc) is 3.83. The fourth-order valence-corrected chi connectivity index (χ4v) is 20.0. The van der Waals surface area contributed by atoms with Gasteiger partial charge in [-0.1, -0.05) is 158 Å². The van der Waals surface area contributed by atoms with Gasteiger partial charge in [-0.05, 0) is 82.3 Å². The number of benzene rings is 6. The predicted molar refractivity (Wildman–Crippen MR) is 215 cm³/mol. The molecule has 2 unspecified atom stereocenters. The lowest BCUT2D eigenvalue weighted by Gasteiger charge is -2.32. The van der Waals surface area contributed by atoms with Gasteiger partial charge in [-0.15, -0.1) is 0 Å². The lowest BCUT2D eigenvalue weighted by Crippen LogP contribution is -2.73. The van der Waals surface area contributed by atoms with Gasteiger partial charge in [-0.3, -0.25) is 9.97 Å². The van der Waals surface area contributed by atoms with E-state index in [0.29, 0.717) is 0 Å². The molecular formula is C47H32N2Si2. The van der Waals surface area contributed by atoms with Crippen LogP contribution in [0.5, 0.6) is 0 Å². The highest BCUT2D eigenvalue weighted by atomic mass is 28.3. The number of rotatable bonds is 4. The summed E-state index contributed by atoms with van der Waals surface area (Å²) < 4.78 is 0. The summed E-state index contributed by atoms with van der Waals surface area (Å²) in [5.74, 6) is 0. The van der Waals surface area contributed by atoms with E-state index in [4.69, 9.17) is 9.97 Å². The van der Waals surface area contributed by atoms with Crippen LogP contribution in [0.4, 0.5) is 0 Å². The van der Waals surface area contributed by atoms with Crippen LogP contribution in [0, 0.1) is 0 Å². The number of hydrogen-bond donors (Lipinski definition) is 0. The molecule has 11 rings (SSSR count). The first kappa shape index (κ1) is 28.8. The highest BCUT2D eigenvalue weighted by Crippen LogP contribution is 2.38. The maximum atomic E-state index is 5.02. The summed E-state index contributed by atoms with van der Waals surface area (Å²) >= 11 is 0. The van der Waals surface area contributed by atoms with Crippen LogP contribution in [-0.4, -0.2) is 26.1 Å². The van der Waals surface area contributed by atoms with E-state index < -0.39 is 16.1 Å². The SMILES string of the molecule is c1ccc([Si]2(c3ccc4c(c3)-c3cc([Si]5(c6ccccc6)c6ccccc6-c6ncccc65)ccc3C4)c3ccccc3-c3ncccc32)cc1. The maximum absolute atomic E-state index is 5.02. The summed E-state index contributed by atoms with van der Waals surface area (Å²) in [6.07, 6.45) is 4.86. The Bertz CT molecular complexity index is 2410. The Kier molecular flexibility index (Phi) is 6.10. The molecule has 2 nitrogen and oxygen atoms in total. The third kappa shape index (κ3) is 3.75. The fourth-order valence-electron chi connectivity index (χ4n) is 9.76. The molecule has 2 aliphatic heterocycles. The molecule has 1 aliphatic carbocycles. The molecule has 51 heavy (non-hydrogen) atoms. The zero-order valence-corrected chi connectivity index (χ0v) is 29.9. The van der Waals surface area contributed by atoms with Crippen LogP contribution in [-0.2, 0) is 6.42 Å². The molecule has 0 radical (unpaired) electrons. The first-order valence-corrected chi connectivity index (χ1v) is 21.8. The van der Waals surface area contributed by atoms with Crippen LogP contribution in [0.25, 0.3) is 33.6 Å². The quantitative estimate of drug-likeness (QED) is 0.251. The van der Waals surface area contributed by atoms with Gasteiger partial charge in [0.2, 0.25) is 0 Å². The van der Waals surface area contributed by atoms with E-state index >= 15 is 0 Å². The molecule has 0 fully saturated rings. The minimum Gasteiger partial charge on any atom is -0.256 e. The van der Waals surface area contributed by atoms with E-state index in [1.54, 1.807) is 0 Å². The second-order valence-electron chi connectivity index (χ2n) is 14.0. The van der Waals surface area contributed by atoms with Crippen molar-refractivity contribution in [2.24, 2.45) is 0 Å².